The largest absolute Gasteiger partial charge is 0.468 e. The second kappa shape index (κ2) is 5.32. The number of rotatable bonds is 2. The topological polar surface area (TPSA) is 47.9 Å². The first-order valence-electron chi connectivity index (χ1n) is 7.56. The van der Waals surface area contributed by atoms with Crippen LogP contribution in [0, 0.1) is 11.3 Å². The summed E-state index contributed by atoms with van der Waals surface area (Å²) in [6.07, 6.45) is 4.96. The average Bonchev–Trinajstić information content (AvgIpc) is 3.05. The zero-order chi connectivity index (χ0) is 16.0. The fourth-order valence-electron chi connectivity index (χ4n) is 3.92. The van der Waals surface area contributed by atoms with E-state index in [1.54, 1.807) is 12.2 Å². The lowest BCUT2D eigenvalue weighted by Crippen LogP contribution is -2.47. The van der Waals surface area contributed by atoms with E-state index in [0.29, 0.717) is 17.4 Å². The highest BCUT2D eigenvalue weighted by molar-refractivity contribution is 6.34. The summed E-state index contributed by atoms with van der Waals surface area (Å²) < 4.78 is 11.1. The van der Waals surface area contributed by atoms with Gasteiger partial charge in [0.25, 0.3) is 0 Å². The first-order chi connectivity index (χ1) is 11.2. The molecule has 1 aliphatic carbocycles. The fourth-order valence-corrected chi connectivity index (χ4v) is 4.10. The Labute approximate surface area is 139 Å². The van der Waals surface area contributed by atoms with Crippen molar-refractivity contribution in [1.82, 2.24) is 0 Å². The van der Waals surface area contributed by atoms with E-state index in [9.17, 15) is 4.79 Å². The van der Waals surface area contributed by atoms with Crippen LogP contribution in [0.15, 0.2) is 58.6 Å². The molecule has 0 N–H and O–H groups in total. The molecule has 1 aromatic rings. The van der Waals surface area contributed by atoms with Crippen molar-refractivity contribution >= 4 is 23.3 Å². The van der Waals surface area contributed by atoms with Crippen LogP contribution in [0.3, 0.4) is 0 Å². The molecule has 4 nitrogen and oxygen atoms in total. The van der Waals surface area contributed by atoms with Crippen molar-refractivity contribution in [3.63, 3.8) is 0 Å². The van der Waals surface area contributed by atoms with Crippen LogP contribution in [-0.2, 0) is 14.3 Å². The third kappa shape index (κ3) is 1.95. The van der Waals surface area contributed by atoms with Crippen LogP contribution < -0.4 is 0 Å². The number of hydrogen-bond acceptors (Lipinski definition) is 4. The molecular weight excluding hydrogens is 314 g/mol. The zero-order valence-corrected chi connectivity index (χ0v) is 13.4. The van der Waals surface area contributed by atoms with E-state index in [-0.39, 0.29) is 17.9 Å². The Morgan fingerprint density at radius 3 is 2.91 bits per heavy atom. The first kappa shape index (κ1) is 14.7. The Morgan fingerprint density at radius 2 is 2.17 bits per heavy atom. The number of nitrogens with zero attached hydrogens (tertiary/aromatic N) is 1. The molecule has 0 spiro atoms. The molecule has 0 saturated carbocycles. The summed E-state index contributed by atoms with van der Waals surface area (Å²) in [7, 11) is 1.41. The third-order valence-corrected chi connectivity index (χ3v) is 5.18. The van der Waals surface area contributed by atoms with Gasteiger partial charge in [-0.15, -0.1) is 0 Å². The van der Waals surface area contributed by atoms with Crippen molar-refractivity contribution in [3.05, 3.63) is 59.2 Å². The summed E-state index contributed by atoms with van der Waals surface area (Å²) in [5.74, 6) is -0.407. The maximum absolute atomic E-state index is 12.8. The maximum Gasteiger partial charge on any atom is 0.321 e. The van der Waals surface area contributed by atoms with Crippen LogP contribution in [0.5, 0.6) is 0 Å². The van der Waals surface area contributed by atoms with Gasteiger partial charge in [-0.3, -0.25) is 9.79 Å². The van der Waals surface area contributed by atoms with Gasteiger partial charge in [0, 0.05) is 11.0 Å². The van der Waals surface area contributed by atoms with Crippen molar-refractivity contribution < 1.29 is 14.3 Å². The molecule has 5 heteroatoms. The molecule has 0 aromatic heterocycles. The Hall–Kier alpha value is -1.91. The van der Waals surface area contributed by atoms with Gasteiger partial charge in [-0.1, -0.05) is 48.0 Å². The van der Waals surface area contributed by atoms with E-state index in [4.69, 9.17) is 26.1 Å². The normalized spacial score (nSPS) is 34.4. The lowest BCUT2D eigenvalue weighted by molar-refractivity contribution is -0.151. The number of esters is 1. The van der Waals surface area contributed by atoms with E-state index in [0.717, 1.165) is 5.56 Å². The first-order valence-corrected chi connectivity index (χ1v) is 7.94. The number of halogens is 1. The smallest absolute Gasteiger partial charge is 0.321 e. The summed E-state index contributed by atoms with van der Waals surface area (Å²) in [4.78, 5) is 17.6. The molecule has 0 amide bonds. The van der Waals surface area contributed by atoms with Gasteiger partial charge in [0.05, 0.1) is 31.6 Å². The predicted octanol–water partition coefficient (Wildman–Crippen LogP) is 3.05. The molecule has 4 atom stereocenters. The summed E-state index contributed by atoms with van der Waals surface area (Å²) in [5, 5.41) is 0.539. The third-order valence-electron chi connectivity index (χ3n) is 4.94. The predicted molar refractivity (Wildman–Crippen MR) is 87.4 cm³/mol. The van der Waals surface area contributed by atoms with E-state index in [2.05, 4.69) is 0 Å². The van der Waals surface area contributed by atoms with Crippen molar-refractivity contribution in [3.8, 4) is 0 Å². The molecule has 23 heavy (non-hydrogen) atoms. The van der Waals surface area contributed by atoms with Crippen LogP contribution in [0.4, 0.5) is 0 Å². The number of carbonyl (C=O) groups excluding carboxylic acids is 1. The van der Waals surface area contributed by atoms with Crippen LogP contribution in [0.25, 0.3) is 0 Å². The minimum Gasteiger partial charge on any atom is -0.468 e. The van der Waals surface area contributed by atoms with Crippen LogP contribution in [0.1, 0.15) is 11.6 Å². The zero-order valence-electron chi connectivity index (χ0n) is 12.6. The minimum absolute atomic E-state index is 0.0965. The standard InChI is InChI=1S/C18H16ClNO3/c1-22-17(21)18-13-10-23-15(18)8-7-12(19)9-14(18)20-16(13)11-5-3-2-4-6-11/h2-9,13,15-16H,10H2,1H3/t13-,15+,16+,18+/m1/s1. The molecule has 0 unspecified atom stereocenters. The second-order valence-corrected chi connectivity index (χ2v) is 6.42. The highest BCUT2D eigenvalue weighted by Crippen LogP contribution is 2.55. The molecule has 0 radical (unpaired) electrons. The number of aliphatic imine (C=N–C) groups is 1. The monoisotopic (exact) mass is 329 g/mol. The summed E-state index contributed by atoms with van der Waals surface area (Å²) in [5.41, 5.74) is 0.808. The number of carbonyl (C=O) groups is 1. The van der Waals surface area contributed by atoms with Crippen LogP contribution in [0.2, 0.25) is 0 Å². The van der Waals surface area contributed by atoms with Crippen molar-refractivity contribution in [2.45, 2.75) is 12.1 Å². The molecule has 3 aliphatic rings. The molecule has 1 fully saturated rings. The molecule has 0 bridgehead atoms. The number of ether oxygens (including phenoxy) is 2. The highest BCUT2D eigenvalue weighted by atomic mass is 35.5. The van der Waals surface area contributed by atoms with E-state index < -0.39 is 11.5 Å². The maximum atomic E-state index is 12.8. The van der Waals surface area contributed by atoms with Crippen LogP contribution >= 0.6 is 11.6 Å². The molecule has 4 rings (SSSR count). The Balaban J connectivity index is 1.90. The van der Waals surface area contributed by atoms with Gasteiger partial charge in [0.2, 0.25) is 0 Å². The molecule has 2 heterocycles. The number of benzene rings is 1. The molecular formula is C18H16ClNO3. The number of allylic oxidation sites excluding steroid dienone is 3. The van der Waals surface area contributed by atoms with Gasteiger partial charge < -0.3 is 9.47 Å². The second-order valence-electron chi connectivity index (χ2n) is 5.98. The summed E-state index contributed by atoms with van der Waals surface area (Å²) in [6, 6.07) is 9.84. The molecule has 1 aromatic carbocycles. The van der Waals surface area contributed by atoms with E-state index in [1.165, 1.54) is 7.11 Å². The summed E-state index contributed by atoms with van der Waals surface area (Å²) in [6.45, 7) is 0.460. The number of hydrogen-bond donors (Lipinski definition) is 0. The van der Waals surface area contributed by atoms with Crippen molar-refractivity contribution in [2.75, 3.05) is 13.7 Å². The minimum atomic E-state index is -0.914. The SMILES string of the molecule is COC(=O)[C@]12C3=N[C@@H](c4ccccc4)[C@H]1CO[C@H]2C=CC(Cl)=C3. The van der Waals surface area contributed by atoms with Crippen LogP contribution in [-0.4, -0.2) is 31.5 Å². The molecule has 118 valence electrons. The highest BCUT2D eigenvalue weighted by Gasteiger charge is 2.65. The van der Waals surface area contributed by atoms with Crippen molar-refractivity contribution in [2.24, 2.45) is 16.3 Å². The fraction of sp³-hybridized carbons (Fsp3) is 0.333. The number of methoxy groups -OCH3 is 1. The Morgan fingerprint density at radius 1 is 1.39 bits per heavy atom. The van der Waals surface area contributed by atoms with Gasteiger partial charge in [0.1, 0.15) is 5.41 Å². The van der Waals surface area contributed by atoms with Gasteiger partial charge >= 0.3 is 5.97 Å². The van der Waals surface area contributed by atoms with Gasteiger partial charge in [0.15, 0.2) is 0 Å². The van der Waals surface area contributed by atoms with E-state index in [1.807, 2.05) is 36.4 Å². The quantitative estimate of drug-likeness (QED) is 0.783. The van der Waals surface area contributed by atoms with E-state index >= 15 is 0 Å². The lowest BCUT2D eigenvalue weighted by atomic mass is 9.69. The molecule has 2 aliphatic heterocycles. The molecule has 1 saturated heterocycles. The Kier molecular flexibility index (Phi) is 3.39. The van der Waals surface area contributed by atoms with Gasteiger partial charge in [-0.2, -0.15) is 0 Å². The summed E-state index contributed by atoms with van der Waals surface area (Å²) >= 11 is 6.21. The van der Waals surface area contributed by atoms with Crippen molar-refractivity contribution in [1.29, 1.82) is 0 Å². The Bertz CT molecular complexity index is 740. The lowest BCUT2D eigenvalue weighted by Gasteiger charge is -2.30. The van der Waals surface area contributed by atoms with Gasteiger partial charge in [-0.05, 0) is 17.7 Å². The average molecular weight is 330 g/mol. The van der Waals surface area contributed by atoms with Gasteiger partial charge in [-0.25, -0.2) is 0 Å².